The van der Waals surface area contributed by atoms with E-state index in [0.717, 1.165) is 18.6 Å². The Morgan fingerprint density at radius 1 is 1.31 bits per heavy atom. The average Bonchev–Trinajstić information content (AvgIpc) is 2.21. The van der Waals surface area contributed by atoms with Crippen molar-refractivity contribution in [2.75, 3.05) is 0 Å². The third-order valence-corrected chi connectivity index (χ3v) is 1.95. The van der Waals surface area contributed by atoms with Crippen LogP contribution in [0.25, 0.3) is 0 Å². The molecule has 72 valence electrons. The van der Waals surface area contributed by atoms with Crippen molar-refractivity contribution in [2.24, 2.45) is 5.73 Å². The predicted octanol–water partition coefficient (Wildman–Crippen LogP) is 2.32. The van der Waals surface area contributed by atoms with Crippen LogP contribution in [0.15, 0.2) is 24.3 Å². The fourth-order valence-corrected chi connectivity index (χ4v) is 1.35. The van der Waals surface area contributed by atoms with Crippen LogP contribution in [0.3, 0.4) is 0 Å². The van der Waals surface area contributed by atoms with Gasteiger partial charge in [0.05, 0.1) is 0 Å². The third-order valence-electron chi connectivity index (χ3n) is 1.95. The van der Waals surface area contributed by atoms with E-state index >= 15 is 0 Å². The van der Waals surface area contributed by atoms with Crippen molar-refractivity contribution in [1.29, 1.82) is 0 Å². The first kappa shape index (κ1) is 10.1. The van der Waals surface area contributed by atoms with Gasteiger partial charge in [0, 0.05) is 6.42 Å². The monoisotopic (exact) mass is 179 g/mol. The molecule has 0 amide bonds. The van der Waals surface area contributed by atoms with Gasteiger partial charge in [0.2, 0.25) is 0 Å². The van der Waals surface area contributed by atoms with Gasteiger partial charge in [-0.05, 0) is 18.1 Å². The van der Waals surface area contributed by atoms with Crippen molar-refractivity contribution in [3.8, 4) is 5.75 Å². The number of rotatable bonds is 0. The predicted molar refractivity (Wildman–Crippen MR) is 54.7 cm³/mol. The zero-order valence-electron chi connectivity index (χ0n) is 8.29. The van der Waals surface area contributed by atoms with Crippen LogP contribution in [-0.2, 0) is 6.42 Å². The summed E-state index contributed by atoms with van der Waals surface area (Å²) in [5.74, 6) is 0.950. The summed E-state index contributed by atoms with van der Waals surface area (Å²) in [6.07, 6.45) is 1.86. The number of nitrogens with two attached hydrogens (primary N) is 1. The Labute approximate surface area is 79.7 Å². The van der Waals surface area contributed by atoms with Gasteiger partial charge in [-0.1, -0.05) is 32.0 Å². The second kappa shape index (κ2) is 4.87. The quantitative estimate of drug-likeness (QED) is 0.663. The number of benzene rings is 1. The Morgan fingerprint density at radius 2 is 2.00 bits per heavy atom. The smallest absolute Gasteiger partial charge is 0.148 e. The van der Waals surface area contributed by atoms with E-state index in [0.29, 0.717) is 0 Å². The van der Waals surface area contributed by atoms with Crippen LogP contribution >= 0.6 is 0 Å². The summed E-state index contributed by atoms with van der Waals surface area (Å²) in [5, 5.41) is 0. The minimum Gasteiger partial charge on any atom is -0.475 e. The highest BCUT2D eigenvalue weighted by atomic mass is 16.5. The fraction of sp³-hybridized carbons (Fsp3) is 0.455. The number of ether oxygens (including phenoxy) is 1. The van der Waals surface area contributed by atoms with E-state index < -0.39 is 0 Å². The van der Waals surface area contributed by atoms with Crippen LogP contribution in [0.5, 0.6) is 5.75 Å². The van der Waals surface area contributed by atoms with Crippen LogP contribution in [0, 0.1) is 0 Å². The van der Waals surface area contributed by atoms with Gasteiger partial charge in [0.1, 0.15) is 12.0 Å². The Balaban J connectivity index is 0.000000396. The molecule has 1 heterocycles. The number of hydrogen-bond donors (Lipinski definition) is 1. The molecule has 0 aromatic heterocycles. The highest BCUT2D eigenvalue weighted by Gasteiger charge is 2.14. The molecule has 2 nitrogen and oxygen atoms in total. The summed E-state index contributed by atoms with van der Waals surface area (Å²) < 4.78 is 5.41. The minimum absolute atomic E-state index is 0.107. The summed E-state index contributed by atoms with van der Waals surface area (Å²) in [5.41, 5.74) is 6.90. The van der Waals surface area contributed by atoms with Gasteiger partial charge in [-0.2, -0.15) is 0 Å². The van der Waals surface area contributed by atoms with Gasteiger partial charge in [-0.15, -0.1) is 0 Å². The molecule has 1 atom stereocenters. The zero-order valence-corrected chi connectivity index (χ0v) is 8.29. The van der Waals surface area contributed by atoms with Gasteiger partial charge in [-0.25, -0.2) is 0 Å². The Kier molecular flexibility index (Phi) is 3.77. The van der Waals surface area contributed by atoms with Crippen LogP contribution in [0.2, 0.25) is 0 Å². The molecule has 0 fully saturated rings. The molecule has 1 aliphatic rings. The first-order chi connectivity index (χ1) is 6.36. The van der Waals surface area contributed by atoms with Gasteiger partial charge in [0.15, 0.2) is 0 Å². The van der Waals surface area contributed by atoms with Gasteiger partial charge < -0.3 is 4.74 Å². The summed E-state index contributed by atoms with van der Waals surface area (Å²) >= 11 is 0. The lowest BCUT2D eigenvalue weighted by atomic mass is 10.1. The molecule has 13 heavy (non-hydrogen) atoms. The standard InChI is InChI=1S/C9H11NO.C2H6/c10-9-6-5-7-3-1-2-4-8(7)11-9;1-2/h1-4,9H,5-6,10H2;1-2H3. The summed E-state index contributed by atoms with van der Waals surface area (Å²) in [6.45, 7) is 4.00. The average molecular weight is 179 g/mol. The molecule has 0 bridgehead atoms. The molecule has 0 radical (unpaired) electrons. The summed E-state index contributed by atoms with van der Waals surface area (Å²) in [4.78, 5) is 0. The minimum atomic E-state index is -0.107. The lowest BCUT2D eigenvalue weighted by Gasteiger charge is -2.22. The van der Waals surface area contributed by atoms with E-state index in [1.807, 2.05) is 32.0 Å². The molecular weight excluding hydrogens is 162 g/mol. The normalized spacial score (nSPS) is 19.2. The van der Waals surface area contributed by atoms with Gasteiger partial charge >= 0.3 is 0 Å². The van der Waals surface area contributed by atoms with Crippen molar-refractivity contribution in [3.05, 3.63) is 29.8 Å². The Bertz CT molecular complexity index is 260. The largest absolute Gasteiger partial charge is 0.475 e. The lowest BCUT2D eigenvalue weighted by molar-refractivity contribution is 0.181. The molecular formula is C11H17NO. The first-order valence-corrected chi connectivity index (χ1v) is 4.86. The summed E-state index contributed by atoms with van der Waals surface area (Å²) in [6, 6.07) is 8.05. The number of fused-ring (bicyclic) bond motifs is 1. The van der Waals surface area contributed by atoms with Crippen LogP contribution in [-0.4, -0.2) is 6.23 Å². The van der Waals surface area contributed by atoms with E-state index in [4.69, 9.17) is 10.5 Å². The van der Waals surface area contributed by atoms with Crippen molar-refractivity contribution in [3.63, 3.8) is 0 Å². The highest BCUT2D eigenvalue weighted by Crippen LogP contribution is 2.24. The Morgan fingerprint density at radius 3 is 2.77 bits per heavy atom. The molecule has 0 spiro atoms. The molecule has 0 aliphatic carbocycles. The third kappa shape index (κ3) is 2.46. The lowest BCUT2D eigenvalue weighted by Crippen LogP contribution is -2.30. The maximum Gasteiger partial charge on any atom is 0.148 e. The molecule has 2 N–H and O–H groups in total. The Hall–Kier alpha value is -1.02. The van der Waals surface area contributed by atoms with Crippen molar-refractivity contribution in [1.82, 2.24) is 0 Å². The van der Waals surface area contributed by atoms with E-state index in [1.54, 1.807) is 0 Å². The molecule has 1 aromatic rings. The topological polar surface area (TPSA) is 35.2 Å². The van der Waals surface area contributed by atoms with Crippen LogP contribution in [0.4, 0.5) is 0 Å². The van der Waals surface area contributed by atoms with Crippen LogP contribution in [0.1, 0.15) is 25.8 Å². The number of hydrogen-bond acceptors (Lipinski definition) is 2. The maximum absolute atomic E-state index is 5.63. The second-order valence-electron chi connectivity index (χ2n) is 2.80. The van der Waals surface area contributed by atoms with E-state index in [9.17, 15) is 0 Å². The van der Waals surface area contributed by atoms with Gasteiger partial charge in [-0.3, -0.25) is 5.73 Å². The highest BCUT2D eigenvalue weighted by molar-refractivity contribution is 5.34. The first-order valence-electron chi connectivity index (χ1n) is 4.86. The van der Waals surface area contributed by atoms with Crippen molar-refractivity contribution < 1.29 is 4.74 Å². The zero-order chi connectivity index (χ0) is 9.68. The molecule has 0 saturated heterocycles. The summed E-state index contributed by atoms with van der Waals surface area (Å²) in [7, 11) is 0. The molecule has 0 saturated carbocycles. The van der Waals surface area contributed by atoms with Crippen LogP contribution < -0.4 is 10.5 Å². The molecule has 1 unspecified atom stereocenters. The second-order valence-corrected chi connectivity index (χ2v) is 2.80. The number of aryl methyl sites for hydroxylation is 1. The molecule has 1 aromatic carbocycles. The van der Waals surface area contributed by atoms with Gasteiger partial charge in [0.25, 0.3) is 0 Å². The number of para-hydroxylation sites is 1. The SMILES string of the molecule is CC.NC1CCc2ccccc2O1. The fourth-order valence-electron chi connectivity index (χ4n) is 1.35. The maximum atomic E-state index is 5.63. The molecule has 2 rings (SSSR count). The van der Waals surface area contributed by atoms with E-state index in [-0.39, 0.29) is 6.23 Å². The van der Waals surface area contributed by atoms with E-state index in [1.165, 1.54) is 5.56 Å². The van der Waals surface area contributed by atoms with E-state index in [2.05, 4.69) is 6.07 Å². The van der Waals surface area contributed by atoms with Crippen molar-refractivity contribution >= 4 is 0 Å². The molecule has 2 heteroatoms. The van der Waals surface area contributed by atoms with Crippen molar-refractivity contribution in [2.45, 2.75) is 32.9 Å². The molecule has 1 aliphatic heterocycles.